The maximum Gasteiger partial charge on any atom is 0.260 e. The zero-order valence-electron chi connectivity index (χ0n) is 13.7. The second kappa shape index (κ2) is 6.97. The van der Waals surface area contributed by atoms with Gasteiger partial charge < -0.3 is 4.42 Å². The Kier molecular flexibility index (Phi) is 4.52. The van der Waals surface area contributed by atoms with Crippen LogP contribution in [0.3, 0.4) is 0 Å². The van der Waals surface area contributed by atoms with E-state index in [1.165, 1.54) is 29.9 Å². The lowest BCUT2D eigenvalue weighted by Gasteiger charge is -2.25. The highest BCUT2D eigenvalue weighted by atomic mass is 32.1. The van der Waals surface area contributed by atoms with E-state index in [2.05, 4.69) is 10.3 Å². The molecule has 134 valence electrons. The van der Waals surface area contributed by atoms with Crippen LogP contribution in [-0.2, 0) is 19.5 Å². The molecule has 0 spiro atoms. The minimum absolute atomic E-state index is 0.275. The van der Waals surface area contributed by atoms with Crippen LogP contribution in [0.15, 0.2) is 41.2 Å². The fraction of sp³-hybridized carbons (Fsp3) is 0.222. The number of aromatic nitrogens is 1. The highest BCUT2D eigenvalue weighted by Gasteiger charge is 2.22. The Morgan fingerprint density at radius 3 is 3.04 bits per heavy atom. The van der Waals surface area contributed by atoms with Crippen LogP contribution in [0.1, 0.15) is 26.5 Å². The Hall–Kier alpha value is -2.58. The lowest BCUT2D eigenvalue weighted by Crippen LogP contribution is -2.29. The largest absolute Gasteiger partial charge is 0.472 e. The average molecular weight is 375 g/mol. The summed E-state index contributed by atoms with van der Waals surface area (Å²) in [4.78, 5) is 19.6. The van der Waals surface area contributed by atoms with Gasteiger partial charge >= 0.3 is 0 Å². The normalized spacial score (nSPS) is 14.2. The molecule has 1 aliphatic rings. The molecular formula is C18H15F2N3O2S. The van der Waals surface area contributed by atoms with Crippen molar-refractivity contribution in [2.24, 2.45) is 0 Å². The van der Waals surface area contributed by atoms with Gasteiger partial charge in [0.15, 0.2) is 5.13 Å². The van der Waals surface area contributed by atoms with Gasteiger partial charge in [0.25, 0.3) is 5.91 Å². The monoisotopic (exact) mass is 375 g/mol. The summed E-state index contributed by atoms with van der Waals surface area (Å²) in [5.74, 6) is -1.13. The molecule has 3 aromatic rings. The summed E-state index contributed by atoms with van der Waals surface area (Å²) in [6, 6.07) is 5.08. The maximum atomic E-state index is 13.8. The first-order valence-corrected chi connectivity index (χ1v) is 8.88. The van der Waals surface area contributed by atoms with Crippen LogP contribution in [0.2, 0.25) is 0 Å². The fourth-order valence-electron chi connectivity index (χ4n) is 2.91. The van der Waals surface area contributed by atoms with Gasteiger partial charge in [-0.2, -0.15) is 0 Å². The number of rotatable bonds is 4. The molecule has 0 bridgehead atoms. The number of anilines is 1. The summed E-state index contributed by atoms with van der Waals surface area (Å²) in [5.41, 5.74) is 1.71. The molecule has 8 heteroatoms. The third-order valence-electron chi connectivity index (χ3n) is 4.22. The molecule has 0 fully saturated rings. The molecule has 1 amide bonds. The predicted octanol–water partition coefficient (Wildman–Crippen LogP) is 3.82. The number of thiazole rings is 1. The molecule has 26 heavy (non-hydrogen) atoms. The fourth-order valence-corrected chi connectivity index (χ4v) is 3.95. The Labute approximate surface area is 152 Å². The number of fused-ring (bicyclic) bond motifs is 1. The molecule has 0 saturated heterocycles. The van der Waals surface area contributed by atoms with E-state index in [4.69, 9.17) is 4.42 Å². The maximum absolute atomic E-state index is 13.8. The first-order chi connectivity index (χ1) is 12.6. The molecule has 0 unspecified atom stereocenters. The number of amides is 1. The van der Waals surface area contributed by atoms with Crippen LogP contribution in [0, 0.1) is 11.6 Å². The van der Waals surface area contributed by atoms with Crippen LogP contribution < -0.4 is 5.32 Å². The van der Waals surface area contributed by atoms with E-state index in [-0.39, 0.29) is 5.91 Å². The number of hydrogen-bond donors (Lipinski definition) is 1. The molecule has 1 aliphatic heterocycles. The molecule has 5 nitrogen and oxygen atoms in total. The molecule has 1 aromatic carbocycles. The minimum Gasteiger partial charge on any atom is -0.472 e. The number of carbonyl (C=O) groups is 1. The van der Waals surface area contributed by atoms with Gasteiger partial charge in [0.2, 0.25) is 0 Å². The van der Waals surface area contributed by atoms with Gasteiger partial charge in [-0.1, -0.05) is 0 Å². The summed E-state index contributed by atoms with van der Waals surface area (Å²) >= 11 is 1.40. The van der Waals surface area contributed by atoms with Crippen molar-refractivity contribution in [3.63, 3.8) is 0 Å². The summed E-state index contributed by atoms with van der Waals surface area (Å²) in [6.45, 7) is 1.62. The first kappa shape index (κ1) is 16.9. The lowest BCUT2D eigenvalue weighted by molar-refractivity contribution is 0.102. The smallest absolute Gasteiger partial charge is 0.260 e. The van der Waals surface area contributed by atoms with Crippen LogP contribution in [0.5, 0.6) is 0 Å². The summed E-state index contributed by atoms with van der Waals surface area (Å²) in [6.07, 6.45) is 3.51. The van der Waals surface area contributed by atoms with Crippen LogP contribution in [0.25, 0.3) is 0 Å². The number of carbonyl (C=O) groups excluding carboxylic acids is 1. The van der Waals surface area contributed by atoms with Crippen LogP contribution in [-0.4, -0.2) is 22.3 Å². The second-order valence-electron chi connectivity index (χ2n) is 6.05. The van der Waals surface area contributed by atoms with E-state index in [1.54, 1.807) is 6.07 Å². The standard InChI is InChI=1S/C18H15F2N3O2S/c19-13-1-2-14(20)12(7-13)8-23-5-3-15-16(9-23)26-18(21-15)22-17(24)11-4-6-25-10-11/h1-2,4,6-7,10H,3,5,8-9H2,(H,21,22,24). The van der Waals surface area contributed by atoms with Gasteiger partial charge in [0.05, 0.1) is 17.5 Å². The molecule has 0 saturated carbocycles. The van der Waals surface area contributed by atoms with Gasteiger partial charge in [0.1, 0.15) is 17.9 Å². The van der Waals surface area contributed by atoms with Crippen molar-refractivity contribution in [2.75, 3.05) is 11.9 Å². The van der Waals surface area contributed by atoms with Crippen molar-refractivity contribution < 1.29 is 18.0 Å². The third kappa shape index (κ3) is 3.51. The molecule has 0 atom stereocenters. The van der Waals surface area contributed by atoms with Crippen molar-refractivity contribution in [3.8, 4) is 0 Å². The summed E-state index contributed by atoms with van der Waals surface area (Å²) < 4.78 is 32.1. The average Bonchev–Trinajstić information content (AvgIpc) is 3.27. The Morgan fingerprint density at radius 1 is 1.35 bits per heavy atom. The number of nitrogens with zero attached hydrogens (tertiary/aromatic N) is 2. The molecule has 2 aromatic heterocycles. The molecular weight excluding hydrogens is 360 g/mol. The highest BCUT2D eigenvalue weighted by molar-refractivity contribution is 7.15. The van der Waals surface area contributed by atoms with Crippen LogP contribution in [0.4, 0.5) is 13.9 Å². The molecule has 0 radical (unpaired) electrons. The van der Waals surface area contributed by atoms with Crippen molar-refractivity contribution in [3.05, 3.63) is 70.1 Å². The lowest BCUT2D eigenvalue weighted by atomic mass is 10.1. The van der Waals surface area contributed by atoms with E-state index in [0.29, 0.717) is 42.3 Å². The molecule has 1 N–H and O–H groups in total. The number of furan rings is 1. The van der Waals surface area contributed by atoms with E-state index in [1.807, 2.05) is 4.90 Å². The van der Waals surface area contributed by atoms with E-state index in [9.17, 15) is 13.6 Å². The quantitative estimate of drug-likeness (QED) is 0.753. The van der Waals surface area contributed by atoms with Crippen molar-refractivity contribution in [1.82, 2.24) is 9.88 Å². The predicted molar refractivity (Wildman–Crippen MR) is 93.0 cm³/mol. The highest BCUT2D eigenvalue weighted by Crippen LogP contribution is 2.29. The molecule has 3 heterocycles. The Bertz CT molecular complexity index is 940. The topological polar surface area (TPSA) is 58.4 Å². The summed E-state index contributed by atoms with van der Waals surface area (Å²) in [5, 5.41) is 3.29. The zero-order chi connectivity index (χ0) is 18.1. The van der Waals surface area contributed by atoms with E-state index in [0.717, 1.165) is 22.7 Å². The van der Waals surface area contributed by atoms with Crippen molar-refractivity contribution in [2.45, 2.75) is 19.5 Å². The number of benzene rings is 1. The van der Waals surface area contributed by atoms with Crippen molar-refractivity contribution >= 4 is 22.4 Å². The summed E-state index contributed by atoms with van der Waals surface area (Å²) in [7, 11) is 0. The minimum atomic E-state index is -0.443. The van der Waals surface area contributed by atoms with E-state index < -0.39 is 11.6 Å². The number of nitrogens with one attached hydrogen (secondary N) is 1. The molecule has 0 aliphatic carbocycles. The SMILES string of the molecule is O=C(Nc1nc2c(s1)CN(Cc1cc(F)ccc1F)CC2)c1ccoc1. The van der Waals surface area contributed by atoms with Gasteiger partial charge in [0, 0.05) is 36.5 Å². The third-order valence-corrected chi connectivity index (χ3v) is 5.21. The Balaban J connectivity index is 1.45. The molecule has 4 rings (SSSR count). The first-order valence-electron chi connectivity index (χ1n) is 8.07. The zero-order valence-corrected chi connectivity index (χ0v) is 14.5. The van der Waals surface area contributed by atoms with Gasteiger partial charge in [-0.15, -0.1) is 11.3 Å². The number of halogens is 2. The van der Waals surface area contributed by atoms with Gasteiger partial charge in [-0.05, 0) is 24.3 Å². The van der Waals surface area contributed by atoms with Crippen LogP contribution >= 0.6 is 11.3 Å². The van der Waals surface area contributed by atoms with Gasteiger partial charge in [-0.25, -0.2) is 13.8 Å². The van der Waals surface area contributed by atoms with Gasteiger partial charge in [-0.3, -0.25) is 15.0 Å². The number of hydrogen-bond acceptors (Lipinski definition) is 5. The van der Waals surface area contributed by atoms with E-state index >= 15 is 0 Å². The Morgan fingerprint density at radius 2 is 2.23 bits per heavy atom. The second-order valence-corrected chi connectivity index (χ2v) is 7.14. The van der Waals surface area contributed by atoms with Crippen molar-refractivity contribution in [1.29, 1.82) is 0 Å².